The highest BCUT2D eigenvalue weighted by molar-refractivity contribution is 7.12. The van der Waals surface area contributed by atoms with Gasteiger partial charge in [-0.15, -0.1) is 11.3 Å². The highest BCUT2D eigenvalue weighted by atomic mass is 32.1. The second-order valence-corrected chi connectivity index (χ2v) is 5.60. The molecule has 0 fully saturated rings. The van der Waals surface area contributed by atoms with Gasteiger partial charge in [-0.1, -0.05) is 0 Å². The van der Waals surface area contributed by atoms with E-state index in [0.29, 0.717) is 0 Å². The predicted octanol–water partition coefficient (Wildman–Crippen LogP) is 2.92. The molecule has 1 rings (SSSR count). The van der Waals surface area contributed by atoms with Crippen molar-refractivity contribution in [2.45, 2.75) is 33.1 Å². The number of ether oxygens (including phenoxy) is 1. The van der Waals surface area contributed by atoms with E-state index >= 15 is 0 Å². The molecule has 0 radical (unpaired) electrons. The molecule has 16 heavy (non-hydrogen) atoms. The van der Waals surface area contributed by atoms with Gasteiger partial charge in [0.25, 0.3) is 0 Å². The maximum Gasteiger partial charge on any atom is 0.0587 e. The number of rotatable bonds is 8. The Balaban J connectivity index is 2.05. The third kappa shape index (κ3) is 5.10. The molecule has 0 unspecified atom stereocenters. The summed E-state index contributed by atoms with van der Waals surface area (Å²) in [5.74, 6) is 0. The lowest BCUT2D eigenvalue weighted by molar-refractivity contribution is 0.199. The van der Waals surface area contributed by atoms with E-state index in [2.05, 4.69) is 25.2 Å². The second kappa shape index (κ2) is 7.82. The smallest absolute Gasteiger partial charge is 0.0587 e. The monoisotopic (exact) mass is 241 g/mol. The van der Waals surface area contributed by atoms with E-state index in [-0.39, 0.29) is 0 Å². The molecule has 1 aromatic heterocycles. The summed E-state index contributed by atoms with van der Waals surface area (Å²) in [7, 11) is 1.74. The summed E-state index contributed by atoms with van der Waals surface area (Å²) in [5, 5.41) is 3.37. The van der Waals surface area contributed by atoms with E-state index in [1.54, 1.807) is 12.7 Å². The summed E-state index contributed by atoms with van der Waals surface area (Å²) >= 11 is 1.91. The summed E-state index contributed by atoms with van der Waals surface area (Å²) < 4.78 is 4.98. The molecule has 92 valence electrons. The van der Waals surface area contributed by atoms with Gasteiger partial charge in [0.1, 0.15) is 0 Å². The normalized spacial score (nSPS) is 10.9. The van der Waals surface area contributed by atoms with E-state index in [1.807, 2.05) is 11.3 Å². The highest BCUT2D eigenvalue weighted by Crippen LogP contribution is 2.21. The first kappa shape index (κ1) is 13.7. The molecule has 1 N–H and O–H groups in total. The standard InChI is InChI=1S/C13H23NOS/c1-11-10-13(12(2)16-11)6-4-5-7-14-8-9-15-3/h10,14H,4-9H2,1-3H3. The van der Waals surface area contributed by atoms with E-state index in [4.69, 9.17) is 4.74 Å². The fourth-order valence-corrected chi connectivity index (χ4v) is 2.77. The molecule has 0 amide bonds. The van der Waals surface area contributed by atoms with Gasteiger partial charge >= 0.3 is 0 Å². The molecule has 0 saturated carbocycles. The Kier molecular flexibility index (Phi) is 6.69. The topological polar surface area (TPSA) is 21.3 Å². The number of aryl methyl sites for hydroxylation is 3. The van der Waals surface area contributed by atoms with E-state index in [1.165, 1.54) is 29.0 Å². The minimum absolute atomic E-state index is 0.808. The third-order valence-electron chi connectivity index (χ3n) is 2.68. The Morgan fingerprint density at radius 3 is 2.69 bits per heavy atom. The molecule has 0 aliphatic heterocycles. The van der Waals surface area contributed by atoms with Gasteiger partial charge in [0.15, 0.2) is 0 Å². The van der Waals surface area contributed by atoms with Crippen molar-refractivity contribution in [2.75, 3.05) is 26.8 Å². The van der Waals surface area contributed by atoms with Crippen LogP contribution in [0.15, 0.2) is 6.07 Å². The average molecular weight is 241 g/mol. The first-order valence-electron chi connectivity index (χ1n) is 5.99. The third-order valence-corrected chi connectivity index (χ3v) is 3.68. The summed E-state index contributed by atoms with van der Waals surface area (Å²) in [4.78, 5) is 2.93. The number of hydrogen-bond acceptors (Lipinski definition) is 3. The Morgan fingerprint density at radius 2 is 2.06 bits per heavy atom. The van der Waals surface area contributed by atoms with Crippen LogP contribution in [0, 0.1) is 13.8 Å². The lowest BCUT2D eigenvalue weighted by Gasteiger charge is -2.03. The molecule has 0 bridgehead atoms. The van der Waals surface area contributed by atoms with Gasteiger partial charge in [0.2, 0.25) is 0 Å². The molecule has 3 heteroatoms. The molecule has 0 atom stereocenters. The van der Waals surface area contributed by atoms with Crippen molar-refractivity contribution < 1.29 is 4.74 Å². The van der Waals surface area contributed by atoms with Crippen molar-refractivity contribution >= 4 is 11.3 Å². The summed E-state index contributed by atoms with van der Waals surface area (Å²) in [5.41, 5.74) is 1.54. The fraction of sp³-hybridized carbons (Fsp3) is 0.692. The van der Waals surface area contributed by atoms with Crippen LogP contribution >= 0.6 is 11.3 Å². The summed E-state index contributed by atoms with van der Waals surface area (Å²) in [6, 6.07) is 2.33. The average Bonchev–Trinajstić information content (AvgIpc) is 2.56. The summed E-state index contributed by atoms with van der Waals surface area (Å²) in [6.07, 6.45) is 3.75. The highest BCUT2D eigenvalue weighted by Gasteiger charge is 2.01. The van der Waals surface area contributed by atoms with Crippen LogP contribution in [0.25, 0.3) is 0 Å². The second-order valence-electron chi connectivity index (χ2n) is 4.14. The van der Waals surface area contributed by atoms with Gasteiger partial charge < -0.3 is 10.1 Å². The van der Waals surface area contributed by atoms with Crippen LogP contribution in [-0.4, -0.2) is 26.8 Å². The van der Waals surface area contributed by atoms with Crippen molar-refractivity contribution in [3.05, 3.63) is 21.4 Å². The quantitative estimate of drug-likeness (QED) is 0.707. The van der Waals surface area contributed by atoms with Gasteiger partial charge in [0.05, 0.1) is 6.61 Å². The zero-order valence-electron chi connectivity index (χ0n) is 10.6. The number of thiophene rings is 1. The van der Waals surface area contributed by atoms with Crippen LogP contribution in [0.4, 0.5) is 0 Å². The van der Waals surface area contributed by atoms with Crippen LogP contribution in [0.1, 0.15) is 28.2 Å². The lowest BCUT2D eigenvalue weighted by Crippen LogP contribution is -2.20. The van der Waals surface area contributed by atoms with Gasteiger partial charge in [0, 0.05) is 23.4 Å². The van der Waals surface area contributed by atoms with E-state index < -0.39 is 0 Å². The Bertz CT molecular complexity index is 296. The molecular formula is C13H23NOS. The van der Waals surface area contributed by atoms with Crippen LogP contribution in [0.2, 0.25) is 0 Å². The van der Waals surface area contributed by atoms with E-state index in [9.17, 15) is 0 Å². The van der Waals surface area contributed by atoms with Crippen molar-refractivity contribution in [3.8, 4) is 0 Å². The molecule has 0 saturated heterocycles. The summed E-state index contributed by atoms with van der Waals surface area (Å²) in [6.45, 7) is 7.29. The largest absolute Gasteiger partial charge is 0.383 e. The van der Waals surface area contributed by atoms with Crippen molar-refractivity contribution in [3.63, 3.8) is 0 Å². The minimum atomic E-state index is 0.808. The molecular weight excluding hydrogens is 218 g/mol. The Hall–Kier alpha value is -0.380. The molecule has 2 nitrogen and oxygen atoms in total. The van der Waals surface area contributed by atoms with Gasteiger partial charge in [-0.05, 0) is 51.3 Å². The van der Waals surface area contributed by atoms with Gasteiger partial charge in [-0.3, -0.25) is 0 Å². The fourth-order valence-electron chi connectivity index (χ4n) is 1.80. The number of hydrogen-bond donors (Lipinski definition) is 1. The molecule has 0 aromatic carbocycles. The van der Waals surface area contributed by atoms with Crippen molar-refractivity contribution in [1.29, 1.82) is 0 Å². The van der Waals surface area contributed by atoms with Crippen molar-refractivity contribution in [1.82, 2.24) is 5.32 Å². The lowest BCUT2D eigenvalue weighted by atomic mass is 10.1. The SMILES string of the molecule is COCCNCCCCc1cc(C)sc1C. The van der Waals surface area contributed by atoms with Gasteiger partial charge in [-0.2, -0.15) is 0 Å². The van der Waals surface area contributed by atoms with Crippen LogP contribution in [0.5, 0.6) is 0 Å². The zero-order valence-corrected chi connectivity index (χ0v) is 11.5. The first-order valence-corrected chi connectivity index (χ1v) is 6.81. The number of unbranched alkanes of at least 4 members (excludes halogenated alkanes) is 1. The molecule has 0 spiro atoms. The van der Waals surface area contributed by atoms with Crippen molar-refractivity contribution in [2.24, 2.45) is 0 Å². The number of methoxy groups -OCH3 is 1. The molecule has 1 heterocycles. The zero-order chi connectivity index (χ0) is 11.8. The minimum Gasteiger partial charge on any atom is -0.383 e. The van der Waals surface area contributed by atoms with Crippen LogP contribution < -0.4 is 5.32 Å². The predicted molar refractivity (Wildman–Crippen MR) is 71.5 cm³/mol. The molecule has 0 aliphatic rings. The van der Waals surface area contributed by atoms with Crippen LogP contribution in [0.3, 0.4) is 0 Å². The van der Waals surface area contributed by atoms with Gasteiger partial charge in [-0.25, -0.2) is 0 Å². The van der Waals surface area contributed by atoms with Crippen LogP contribution in [-0.2, 0) is 11.2 Å². The Morgan fingerprint density at radius 1 is 1.25 bits per heavy atom. The first-order chi connectivity index (χ1) is 7.74. The maximum absolute atomic E-state index is 4.98. The molecule has 1 aromatic rings. The molecule has 0 aliphatic carbocycles. The Labute approximate surface area is 103 Å². The van der Waals surface area contributed by atoms with E-state index in [0.717, 1.165) is 19.7 Å². The maximum atomic E-state index is 4.98. The number of nitrogens with one attached hydrogen (secondary N) is 1.